The lowest BCUT2D eigenvalue weighted by molar-refractivity contribution is -0.145. The predicted molar refractivity (Wildman–Crippen MR) is 124 cm³/mol. The Hall–Kier alpha value is -0.0900. The molecule has 0 amide bonds. The molecule has 0 aromatic rings. The number of hydrogen-bond acceptors (Lipinski definition) is 9. The van der Waals surface area contributed by atoms with Gasteiger partial charge in [0.05, 0.1) is 17.8 Å². The minimum absolute atomic E-state index is 0.158. The molecule has 0 saturated heterocycles. The van der Waals surface area contributed by atoms with E-state index in [-0.39, 0.29) is 28.0 Å². The SMILES string of the molecule is CC(CCN(C)CC(=O)OCC(C)(C)SS)SC(C)(C)COC(=O)CN(C)C. The third-order valence-electron chi connectivity index (χ3n) is 3.69. The summed E-state index contributed by atoms with van der Waals surface area (Å²) in [4.78, 5) is 27.4. The number of thioether (sulfide) groups is 1. The van der Waals surface area contributed by atoms with Gasteiger partial charge in [-0.25, -0.2) is 0 Å². The Morgan fingerprint density at radius 3 is 1.96 bits per heavy atom. The molecule has 0 aromatic heterocycles. The number of carbonyl (C=O) groups is 2. The van der Waals surface area contributed by atoms with Gasteiger partial charge in [-0.15, -0.1) is 23.4 Å². The molecule has 0 heterocycles. The third-order valence-corrected chi connectivity index (χ3v) is 7.18. The van der Waals surface area contributed by atoms with Crippen molar-refractivity contribution in [3.05, 3.63) is 0 Å². The summed E-state index contributed by atoms with van der Waals surface area (Å²) >= 11 is 5.98. The van der Waals surface area contributed by atoms with E-state index in [2.05, 4.69) is 32.4 Å². The average Bonchev–Trinajstić information content (AvgIpc) is 2.56. The van der Waals surface area contributed by atoms with Gasteiger partial charge in [0, 0.05) is 10.00 Å². The topological polar surface area (TPSA) is 59.1 Å². The molecular weight excluding hydrogens is 416 g/mol. The molecule has 0 saturated carbocycles. The molecule has 0 aliphatic carbocycles. The van der Waals surface area contributed by atoms with Crippen LogP contribution in [0.5, 0.6) is 0 Å². The fraction of sp³-hybridized carbons (Fsp3) is 0.895. The molecule has 0 fully saturated rings. The molecule has 9 heteroatoms. The molecule has 0 aliphatic rings. The maximum atomic E-state index is 12.0. The molecule has 1 unspecified atom stereocenters. The van der Waals surface area contributed by atoms with Crippen LogP contribution in [0.3, 0.4) is 0 Å². The zero-order valence-corrected chi connectivity index (χ0v) is 21.1. The maximum Gasteiger partial charge on any atom is 0.320 e. The lowest BCUT2D eigenvalue weighted by atomic mass is 10.2. The van der Waals surface area contributed by atoms with Crippen LogP contribution in [-0.2, 0) is 19.1 Å². The monoisotopic (exact) mass is 454 g/mol. The van der Waals surface area contributed by atoms with E-state index in [1.165, 1.54) is 10.8 Å². The first-order valence-electron chi connectivity index (χ1n) is 9.41. The first kappa shape index (κ1) is 27.9. The molecule has 0 N–H and O–H groups in total. The summed E-state index contributed by atoms with van der Waals surface area (Å²) in [5.41, 5.74) is 0. The Morgan fingerprint density at radius 1 is 0.964 bits per heavy atom. The summed E-state index contributed by atoms with van der Waals surface area (Å²) < 4.78 is 10.4. The Labute approximate surface area is 184 Å². The summed E-state index contributed by atoms with van der Waals surface area (Å²) in [6.07, 6.45) is 0.932. The van der Waals surface area contributed by atoms with Crippen LogP contribution in [0.4, 0.5) is 0 Å². The van der Waals surface area contributed by atoms with Crippen LogP contribution in [-0.4, -0.2) is 90.5 Å². The van der Waals surface area contributed by atoms with Crippen molar-refractivity contribution in [3.63, 3.8) is 0 Å². The second-order valence-corrected chi connectivity index (χ2v) is 12.6. The molecule has 166 valence electrons. The average molecular weight is 455 g/mol. The highest BCUT2D eigenvalue weighted by atomic mass is 33.1. The fourth-order valence-electron chi connectivity index (χ4n) is 2.22. The van der Waals surface area contributed by atoms with Crippen LogP contribution in [0.1, 0.15) is 41.0 Å². The smallest absolute Gasteiger partial charge is 0.320 e. The number of ether oxygens (including phenoxy) is 2. The minimum atomic E-state index is -0.216. The minimum Gasteiger partial charge on any atom is -0.463 e. The summed E-state index contributed by atoms with van der Waals surface area (Å²) in [6, 6.07) is 0. The van der Waals surface area contributed by atoms with Crippen molar-refractivity contribution >= 4 is 46.2 Å². The summed E-state index contributed by atoms with van der Waals surface area (Å²) in [5, 5.41) is 0.375. The summed E-state index contributed by atoms with van der Waals surface area (Å²) in [6.45, 7) is 12.4. The molecule has 1 atom stereocenters. The van der Waals surface area contributed by atoms with Gasteiger partial charge in [-0.05, 0) is 61.8 Å². The lowest BCUT2D eigenvalue weighted by Crippen LogP contribution is -2.33. The number of thiol groups is 1. The number of esters is 2. The van der Waals surface area contributed by atoms with Crippen molar-refractivity contribution in [2.75, 3.05) is 54.0 Å². The summed E-state index contributed by atoms with van der Waals surface area (Å²) in [5.74, 6) is -0.421. The van der Waals surface area contributed by atoms with E-state index in [1.807, 2.05) is 39.9 Å². The van der Waals surface area contributed by atoms with Gasteiger partial charge in [-0.1, -0.05) is 17.7 Å². The van der Waals surface area contributed by atoms with E-state index in [0.29, 0.717) is 25.0 Å². The largest absolute Gasteiger partial charge is 0.463 e. The van der Waals surface area contributed by atoms with Crippen LogP contribution < -0.4 is 0 Å². The van der Waals surface area contributed by atoms with Crippen molar-refractivity contribution < 1.29 is 19.1 Å². The van der Waals surface area contributed by atoms with E-state index < -0.39 is 0 Å². The van der Waals surface area contributed by atoms with Gasteiger partial charge in [-0.3, -0.25) is 19.4 Å². The van der Waals surface area contributed by atoms with Gasteiger partial charge in [0.25, 0.3) is 0 Å². The molecule has 0 aromatic carbocycles. The highest BCUT2D eigenvalue weighted by molar-refractivity contribution is 8.69. The van der Waals surface area contributed by atoms with Gasteiger partial charge in [0.15, 0.2) is 0 Å². The Morgan fingerprint density at radius 2 is 1.46 bits per heavy atom. The maximum absolute atomic E-state index is 12.0. The van der Waals surface area contributed by atoms with Crippen molar-refractivity contribution in [1.82, 2.24) is 9.80 Å². The van der Waals surface area contributed by atoms with Crippen LogP contribution in [0.15, 0.2) is 0 Å². The van der Waals surface area contributed by atoms with E-state index >= 15 is 0 Å². The van der Waals surface area contributed by atoms with Crippen molar-refractivity contribution in [1.29, 1.82) is 0 Å². The second-order valence-electron chi connectivity index (χ2n) is 8.62. The predicted octanol–water partition coefficient (Wildman–Crippen LogP) is 3.21. The number of carbonyl (C=O) groups excluding carboxylic acids is 2. The van der Waals surface area contributed by atoms with Crippen LogP contribution in [0.25, 0.3) is 0 Å². The number of nitrogens with zero attached hydrogens (tertiary/aromatic N) is 2. The Bertz CT molecular complexity index is 488. The molecule has 6 nitrogen and oxygen atoms in total. The molecule has 28 heavy (non-hydrogen) atoms. The number of rotatable bonds is 14. The van der Waals surface area contributed by atoms with E-state index in [4.69, 9.17) is 9.47 Å². The van der Waals surface area contributed by atoms with E-state index in [1.54, 1.807) is 16.7 Å². The van der Waals surface area contributed by atoms with Gasteiger partial charge < -0.3 is 9.47 Å². The molecule has 0 rings (SSSR count). The molecular formula is C19H38N2O4S3. The number of likely N-dealkylation sites (N-methyl/N-ethyl adjacent to an activating group) is 2. The highest BCUT2D eigenvalue weighted by Gasteiger charge is 2.25. The number of hydrogen-bond donors (Lipinski definition) is 1. The van der Waals surface area contributed by atoms with Gasteiger partial charge >= 0.3 is 11.9 Å². The first-order chi connectivity index (χ1) is 12.8. The highest BCUT2D eigenvalue weighted by Crippen LogP contribution is 2.31. The zero-order valence-electron chi connectivity index (χ0n) is 18.6. The van der Waals surface area contributed by atoms with Gasteiger partial charge in [0.1, 0.15) is 13.2 Å². The lowest BCUT2D eigenvalue weighted by Gasteiger charge is -2.28. The normalized spacial score (nSPS) is 13.7. The summed E-state index contributed by atoms with van der Waals surface area (Å²) in [7, 11) is 6.99. The van der Waals surface area contributed by atoms with E-state index in [9.17, 15) is 9.59 Å². The van der Waals surface area contributed by atoms with Crippen LogP contribution >= 0.6 is 34.2 Å². The van der Waals surface area contributed by atoms with E-state index in [0.717, 1.165) is 13.0 Å². The second kappa shape index (κ2) is 13.3. The zero-order chi connectivity index (χ0) is 22.0. The van der Waals surface area contributed by atoms with Crippen molar-refractivity contribution in [3.8, 4) is 0 Å². The van der Waals surface area contributed by atoms with Crippen LogP contribution in [0, 0.1) is 0 Å². The standard InChI is InChI=1S/C19H38N2O4S3/c1-15(27-18(2,3)13-24-16(22)11-20(6)7)9-10-21(8)12-17(23)25-14-19(4,5)28-26/h15,26H,9-14H2,1-8H3. The fourth-order valence-corrected chi connectivity index (χ4v) is 3.93. The van der Waals surface area contributed by atoms with Crippen molar-refractivity contribution in [2.24, 2.45) is 0 Å². The molecule has 0 spiro atoms. The molecule has 0 aliphatic heterocycles. The quantitative estimate of drug-likeness (QED) is 0.244. The van der Waals surface area contributed by atoms with Crippen LogP contribution in [0.2, 0.25) is 0 Å². The van der Waals surface area contributed by atoms with Crippen molar-refractivity contribution in [2.45, 2.75) is 55.8 Å². The van der Waals surface area contributed by atoms with Gasteiger partial charge in [0.2, 0.25) is 0 Å². The Balaban J connectivity index is 4.15. The first-order valence-corrected chi connectivity index (χ1v) is 12.2. The third kappa shape index (κ3) is 14.8. The Kier molecular flexibility index (Phi) is 13.2. The van der Waals surface area contributed by atoms with Gasteiger partial charge in [-0.2, -0.15) is 0 Å². The molecule has 0 radical (unpaired) electrons. The molecule has 0 bridgehead atoms.